The summed E-state index contributed by atoms with van der Waals surface area (Å²) in [6.45, 7) is 8.41. The average molecular weight is 258 g/mol. The van der Waals surface area contributed by atoms with E-state index in [0.717, 1.165) is 25.7 Å². The van der Waals surface area contributed by atoms with E-state index >= 15 is 0 Å². The standard InChI is InChI=1S/C16H18O3/c1-9-4-7-16-13(3,19-16)6-5-11-10(2)12(17)18-15(11)8-14(9,15)16/h4,11H,2,5-8H2,1,3H3. The minimum absolute atomic E-state index is 0.0260. The third-order valence-electron chi connectivity index (χ3n) is 6.83. The van der Waals surface area contributed by atoms with Crippen LogP contribution in [0.1, 0.15) is 39.5 Å². The highest BCUT2D eigenvalue weighted by Gasteiger charge is 2.94. The van der Waals surface area contributed by atoms with Gasteiger partial charge in [0.05, 0.1) is 11.0 Å². The third kappa shape index (κ3) is 0.748. The van der Waals surface area contributed by atoms with Crippen LogP contribution < -0.4 is 0 Å². The first-order chi connectivity index (χ1) is 8.93. The summed E-state index contributed by atoms with van der Waals surface area (Å²) in [7, 11) is 0. The van der Waals surface area contributed by atoms with Crippen LogP contribution in [0.3, 0.4) is 0 Å². The van der Waals surface area contributed by atoms with Crippen LogP contribution in [0.4, 0.5) is 0 Å². The smallest absolute Gasteiger partial charge is 0.334 e. The monoisotopic (exact) mass is 258 g/mol. The minimum Gasteiger partial charge on any atom is -0.454 e. The van der Waals surface area contributed by atoms with Gasteiger partial charge in [-0.25, -0.2) is 4.79 Å². The Balaban J connectivity index is 1.75. The van der Waals surface area contributed by atoms with Crippen LogP contribution in [-0.4, -0.2) is 22.8 Å². The molecule has 0 aromatic rings. The topological polar surface area (TPSA) is 38.8 Å². The lowest BCUT2D eigenvalue weighted by molar-refractivity contribution is -0.143. The van der Waals surface area contributed by atoms with Crippen LogP contribution in [0.2, 0.25) is 0 Å². The van der Waals surface area contributed by atoms with Crippen molar-refractivity contribution in [2.45, 2.75) is 56.3 Å². The van der Waals surface area contributed by atoms with Crippen molar-refractivity contribution in [3.8, 4) is 0 Å². The van der Waals surface area contributed by atoms with Crippen molar-refractivity contribution in [3.63, 3.8) is 0 Å². The maximum Gasteiger partial charge on any atom is 0.334 e. The van der Waals surface area contributed by atoms with Gasteiger partial charge < -0.3 is 9.47 Å². The maximum atomic E-state index is 12.0. The summed E-state index contributed by atoms with van der Waals surface area (Å²) in [5, 5.41) is 0. The fraction of sp³-hybridized carbons (Fsp3) is 0.688. The second-order valence-corrected chi connectivity index (χ2v) is 7.23. The van der Waals surface area contributed by atoms with E-state index in [0.29, 0.717) is 5.57 Å². The fourth-order valence-corrected chi connectivity index (χ4v) is 5.78. The van der Waals surface area contributed by atoms with E-state index in [1.165, 1.54) is 5.57 Å². The molecule has 3 aliphatic carbocycles. The Morgan fingerprint density at radius 3 is 3.05 bits per heavy atom. The molecular weight excluding hydrogens is 240 g/mol. The zero-order valence-electron chi connectivity index (χ0n) is 11.4. The Morgan fingerprint density at radius 1 is 1.47 bits per heavy atom. The minimum atomic E-state index is -0.327. The Kier molecular flexibility index (Phi) is 1.37. The van der Waals surface area contributed by atoms with Gasteiger partial charge in [0, 0.05) is 17.9 Å². The van der Waals surface area contributed by atoms with E-state index < -0.39 is 0 Å². The zero-order chi connectivity index (χ0) is 13.3. The Hall–Kier alpha value is -1.09. The zero-order valence-corrected chi connectivity index (χ0v) is 11.4. The summed E-state index contributed by atoms with van der Waals surface area (Å²) in [5.74, 6) is 0.0209. The van der Waals surface area contributed by atoms with Crippen molar-refractivity contribution < 1.29 is 14.3 Å². The molecule has 0 aromatic carbocycles. The normalized spacial score (nSPS) is 60.3. The predicted octanol–water partition coefficient (Wildman–Crippen LogP) is 2.52. The van der Waals surface area contributed by atoms with E-state index in [1.54, 1.807) is 0 Å². The first-order valence-corrected chi connectivity index (χ1v) is 7.22. The molecule has 0 radical (unpaired) electrons. The van der Waals surface area contributed by atoms with Crippen LogP contribution in [0.5, 0.6) is 0 Å². The molecule has 5 atom stereocenters. The summed E-state index contributed by atoms with van der Waals surface area (Å²) in [6.07, 6.45) is 6.20. The molecular formula is C16H18O3. The molecule has 2 heterocycles. The Bertz CT molecular complexity index is 605. The summed E-state index contributed by atoms with van der Waals surface area (Å²) < 4.78 is 12.1. The fourth-order valence-electron chi connectivity index (χ4n) is 5.78. The van der Waals surface area contributed by atoms with E-state index in [2.05, 4.69) is 26.5 Å². The highest BCUT2D eigenvalue weighted by Crippen LogP contribution is 2.86. The second-order valence-electron chi connectivity index (χ2n) is 7.23. The number of esters is 1. The molecule has 0 bridgehead atoms. The lowest BCUT2D eigenvalue weighted by atomic mass is 9.77. The molecule has 3 heteroatoms. The van der Waals surface area contributed by atoms with E-state index in [4.69, 9.17) is 9.47 Å². The molecule has 4 fully saturated rings. The van der Waals surface area contributed by atoms with Crippen molar-refractivity contribution in [3.05, 3.63) is 23.8 Å². The van der Waals surface area contributed by atoms with Gasteiger partial charge in [0.1, 0.15) is 11.2 Å². The summed E-state index contributed by atoms with van der Waals surface area (Å²) >= 11 is 0. The molecule has 2 saturated heterocycles. The Labute approximate surface area is 112 Å². The van der Waals surface area contributed by atoms with Crippen molar-refractivity contribution in [2.24, 2.45) is 11.3 Å². The quantitative estimate of drug-likeness (QED) is 0.290. The molecule has 3 nitrogen and oxygen atoms in total. The number of carbonyl (C=O) groups excluding carboxylic acids is 1. The molecule has 5 aliphatic rings. The van der Waals surface area contributed by atoms with Crippen molar-refractivity contribution in [1.29, 1.82) is 0 Å². The number of ether oxygens (including phenoxy) is 2. The van der Waals surface area contributed by atoms with Gasteiger partial charge in [-0.1, -0.05) is 18.2 Å². The number of rotatable bonds is 0. The average Bonchev–Trinajstić information content (AvgIpc) is 3.12. The molecule has 0 N–H and O–H groups in total. The van der Waals surface area contributed by atoms with E-state index in [-0.39, 0.29) is 34.1 Å². The van der Waals surface area contributed by atoms with Crippen LogP contribution >= 0.6 is 0 Å². The van der Waals surface area contributed by atoms with Crippen molar-refractivity contribution >= 4 is 5.97 Å². The molecule has 3 spiro atoms. The maximum absolute atomic E-state index is 12.0. The van der Waals surface area contributed by atoms with Gasteiger partial charge in [0.25, 0.3) is 0 Å². The van der Waals surface area contributed by atoms with Crippen LogP contribution in [0, 0.1) is 11.3 Å². The van der Waals surface area contributed by atoms with E-state index in [9.17, 15) is 4.79 Å². The summed E-state index contributed by atoms with van der Waals surface area (Å²) in [5.41, 5.74) is 1.56. The molecule has 5 unspecified atom stereocenters. The van der Waals surface area contributed by atoms with Crippen LogP contribution in [0.15, 0.2) is 23.8 Å². The van der Waals surface area contributed by atoms with Crippen LogP contribution in [0.25, 0.3) is 0 Å². The molecule has 5 rings (SSSR count). The molecule has 0 amide bonds. The molecule has 2 saturated carbocycles. The molecule has 0 aromatic heterocycles. The van der Waals surface area contributed by atoms with Gasteiger partial charge in [-0.2, -0.15) is 0 Å². The van der Waals surface area contributed by atoms with Gasteiger partial charge in [-0.05, 0) is 33.1 Å². The van der Waals surface area contributed by atoms with Crippen LogP contribution in [-0.2, 0) is 14.3 Å². The highest BCUT2D eigenvalue weighted by atomic mass is 16.6. The Morgan fingerprint density at radius 2 is 2.26 bits per heavy atom. The number of carbonyl (C=O) groups is 1. The van der Waals surface area contributed by atoms with Crippen molar-refractivity contribution in [1.82, 2.24) is 0 Å². The van der Waals surface area contributed by atoms with Gasteiger partial charge in [-0.3, -0.25) is 0 Å². The molecule has 19 heavy (non-hydrogen) atoms. The van der Waals surface area contributed by atoms with Gasteiger partial charge in [-0.15, -0.1) is 0 Å². The lowest BCUT2D eigenvalue weighted by Gasteiger charge is -2.26. The molecule has 2 aliphatic heterocycles. The first kappa shape index (κ1) is 10.7. The second kappa shape index (κ2) is 2.44. The highest BCUT2D eigenvalue weighted by molar-refractivity contribution is 5.93. The predicted molar refractivity (Wildman–Crippen MR) is 68.3 cm³/mol. The lowest BCUT2D eigenvalue weighted by Crippen LogP contribution is -2.37. The van der Waals surface area contributed by atoms with Gasteiger partial charge >= 0.3 is 5.97 Å². The number of hydrogen-bond acceptors (Lipinski definition) is 3. The SMILES string of the molecule is C=C1C(=O)OC23CC24C(C)=CCC42OC2(C)CCC13. The summed E-state index contributed by atoms with van der Waals surface area (Å²) in [4.78, 5) is 12.0. The third-order valence-corrected chi connectivity index (χ3v) is 6.83. The van der Waals surface area contributed by atoms with Gasteiger partial charge in [0.15, 0.2) is 0 Å². The first-order valence-electron chi connectivity index (χ1n) is 7.22. The largest absolute Gasteiger partial charge is 0.454 e. The van der Waals surface area contributed by atoms with Gasteiger partial charge in [0.2, 0.25) is 0 Å². The molecule has 100 valence electrons. The number of epoxide rings is 1. The number of hydrogen-bond donors (Lipinski definition) is 0. The van der Waals surface area contributed by atoms with E-state index in [1.807, 2.05) is 0 Å². The van der Waals surface area contributed by atoms with Crippen molar-refractivity contribution in [2.75, 3.05) is 0 Å². The summed E-state index contributed by atoms with van der Waals surface area (Å²) in [6, 6.07) is 0.